The molecule has 0 aliphatic heterocycles. The molecule has 2 atom stereocenters. The first-order valence-corrected chi connectivity index (χ1v) is 15.1. The molecule has 2 aromatic rings. The van der Waals surface area contributed by atoms with Gasteiger partial charge >= 0.3 is 0 Å². The van der Waals surface area contributed by atoms with Crippen LogP contribution in [0.3, 0.4) is 0 Å². The number of hydrogen-bond donors (Lipinski definition) is 1. The van der Waals surface area contributed by atoms with E-state index in [0.29, 0.717) is 11.2 Å². The Hall–Kier alpha value is -2.65. The topological polar surface area (TPSA) is 29.5 Å². The number of allylic oxidation sites excluding steroid dienone is 5. The van der Waals surface area contributed by atoms with Crippen molar-refractivity contribution in [3.8, 4) is 0 Å². The van der Waals surface area contributed by atoms with E-state index in [1.807, 2.05) is 0 Å². The minimum absolute atomic E-state index is 0.0116. The molecule has 2 unspecified atom stereocenters. The van der Waals surface area contributed by atoms with Crippen molar-refractivity contribution in [3.05, 3.63) is 105 Å². The van der Waals surface area contributed by atoms with Crippen LogP contribution in [0.4, 0.5) is 0 Å². The number of hydrogen-bond acceptors (Lipinski definition) is 3. The minimum Gasteiger partial charge on any atom is -0.512 e. The van der Waals surface area contributed by atoms with Crippen LogP contribution in [0.5, 0.6) is 0 Å². The van der Waals surface area contributed by atoms with Crippen molar-refractivity contribution in [2.24, 2.45) is 17.3 Å². The third kappa shape index (κ3) is 3.76. The van der Waals surface area contributed by atoms with Gasteiger partial charge in [0.2, 0.25) is 0 Å². The van der Waals surface area contributed by atoms with E-state index in [9.17, 15) is 5.11 Å². The van der Waals surface area contributed by atoms with Crippen LogP contribution in [0.2, 0.25) is 0 Å². The molecule has 1 spiro atoms. The van der Waals surface area contributed by atoms with E-state index < -0.39 is 0 Å². The number of methoxy groups -OCH3 is 1. The van der Waals surface area contributed by atoms with E-state index >= 15 is 0 Å². The standard InChI is InChI=1S/C35H40O2S/c1-6-34(7-2)15-17-35(18-16-34)27-14-9-8-13-24(27)32-26-20-31(38-33-22(3)11-10-12-23(33)4)30(37-5)19-25(26)29(36)21-28(32)35/h8-14,19-21,25-26,36H,6-7,15-18H2,1-5H3. The van der Waals surface area contributed by atoms with Gasteiger partial charge in [0, 0.05) is 22.1 Å². The molecule has 1 saturated carbocycles. The number of thioether (sulfide) groups is 1. The number of ether oxygens (including phenoxy) is 1. The first-order chi connectivity index (χ1) is 18.4. The molecule has 6 rings (SSSR count). The van der Waals surface area contributed by atoms with E-state index in [-0.39, 0.29) is 17.3 Å². The zero-order valence-electron chi connectivity index (χ0n) is 23.4. The summed E-state index contributed by atoms with van der Waals surface area (Å²) in [6.45, 7) is 9.10. The first-order valence-electron chi connectivity index (χ1n) is 14.3. The number of fused-ring (bicyclic) bond motifs is 6. The van der Waals surface area contributed by atoms with Gasteiger partial charge in [0.05, 0.1) is 12.0 Å². The summed E-state index contributed by atoms with van der Waals surface area (Å²) in [6, 6.07) is 15.6. The van der Waals surface area contributed by atoms with Gasteiger partial charge in [-0.25, -0.2) is 0 Å². The maximum atomic E-state index is 11.5. The molecule has 0 amide bonds. The fourth-order valence-electron chi connectivity index (χ4n) is 7.76. The second-order valence-electron chi connectivity index (χ2n) is 11.9. The molecule has 4 aliphatic rings. The van der Waals surface area contributed by atoms with Crippen molar-refractivity contribution in [2.75, 3.05) is 7.11 Å². The first kappa shape index (κ1) is 25.6. The van der Waals surface area contributed by atoms with Crippen LogP contribution >= 0.6 is 11.8 Å². The van der Waals surface area contributed by atoms with Crippen LogP contribution in [0.1, 0.15) is 74.6 Å². The summed E-state index contributed by atoms with van der Waals surface area (Å²) in [5, 5.41) is 11.5. The summed E-state index contributed by atoms with van der Waals surface area (Å²) in [5.74, 6) is 1.34. The van der Waals surface area contributed by atoms with Crippen molar-refractivity contribution in [3.63, 3.8) is 0 Å². The molecule has 3 heteroatoms. The Morgan fingerprint density at radius 2 is 1.58 bits per heavy atom. The molecule has 0 saturated heterocycles. The Bertz CT molecular complexity index is 1370. The SMILES string of the molecule is CCC1(CC)CCC2(CC1)C1=C(c3ccccc32)C2C=C(Sc3c(C)cccc3C)C(OC)=CC2C(O)=C1. The van der Waals surface area contributed by atoms with Crippen LogP contribution < -0.4 is 0 Å². The smallest absolute Gasteiger partial charge is 0.129 e. The molecule has 1 fully saturated rings. The lowest BCUT2D eigenvalue weighted by molar-refractivity contribution is 0.132. The molecule has 0 bridgehead atoms. The minimum atomic E-state index is -0.0943. The predicted molar refractivity (Wildman–Crippen MR) is 159 cm³/mol. The van der Waals surface area contributed by atoms with Gasteiger partial charge in [-0.15, -0.1) is 0 Å². The van der Waals surface area contributed by atoms with E-state index in [4.69, 9.17) is 4.74 Å². The van der Waals surface area contributed by atoms with E-state index in [0.717, 1.165) is 10.7 Å². The summed E-state index contributed by atoms with van der Waals surface area (Å²) >= 11 is 1.80. The summed E-state index contributed by atoms with van der Waals surface area (Å²) in [5.41, 5.74) is 8.71. The quantitative estimate of drug-likeness (QED) is 0.422. The molecule has 38 heavy (non-hydrogen) atoms. The van der Waals surface area contributed by atoms with Gasteiger partial charge in [-0.3, -0.25) is 0 Å². The number of benzene rings is 2. The van der Waals surface area contributed by atoms with Crippen molar-refractivity contribution in [2.45, 2.75) is 76.5 Å². The van der Waals surface area contributed by atoms with Gasteiger partial charge in [-0.05, 0) is 90.5 Å². The fraction of sp³-hybridized carbons (Fsp3) is 0.429. The van der Waals surface area contributed by atoms with Crippen LogP contribution in [0, 0.1) is 31.1 Å². The number of rotatable bonds is 5. The molecule has 0 radical (unpaired) electrons. The Balaban J connectivity index is 1.47. The van der Waals surface area contributed by atoms with Gasteiger partial charge in [-0.1, -0.05) is 87.0 Å². The zero-order chi connectivity index (χ0) is 26.7. The Kier molecular flexibility index (Phi) is 6.42. The van der Waals surface area contributed by atoms with Crippen molar-refractivity contribution < 1.29 is 9.84 Å². The van der Waals surface area contributed by atoms with Crippen LogP contribution in [0.25, 0.3) is 5.57 Å². The molecule has 2 aromatic carbocycles. The van der Waals surface area contributed by atoms with Crippen LogP contribution in [-0.2, 0) is 10.2 Å². The molecular formula is C35H40O2S. The third-order valence-corrected chi connectivity index (χ3v) is 11.7. The lowest BCUT2D eigenvalue weighted by Crippen LogP contribution is -2.37. The van der Waals surface area contributed by atoms with Gasteiger partial charge in [0.25, 0.3) is 0 Å². The third-order valence-electron chi connectivity index (χ3n) is 10.3. The Labute approximate surface area is 232 Å². The monoisotopic (exact) mass is 524 g/mol. The molecular weight excluding hydrogens is 484 g/mol. The summed E-state index contributed by atoms with van der Waals surface area (Å²) in [4.78, 5) is 2.43. The van der Waals surface area contributed by atoms with Crippen molar-refractivity contribution in [1.82, 2.24) is 0 Å². The highest BCUT2D eigenvalue weighted by Crippen LogP contribution is 2.63. The maximum Gasteiger partial charge on any atom is 0.129 e. The summed E-state index contributed by atoms with van der Waals surface area (Å²) in [7, 11) is 1.75. The summed E-state index contributed by atoms with van der Waals surface area (Å²) in [6.07, 6.45) is 14.0. The molecule has 1 N–H and O–H groups in total. The van der Waals surface area contributed by atoms with E-state index in [1.54, 1.807) is 18.9 Å². The van der Waals surface area contributed by atoms with Gasteiger partial charge in [0.1, 0.15) is 11.5 Å². The highest BCUT2D eigenvalue weighted by atomic mass is 32.2. The Morgan fingerprint density at radius 1 is 0.895 bits per heavy atom. The van der Waals surface area contributed by atoms with Crippen molar-refractivity contribution >= 4 is 17.3 Å². The second-order valence-corrected chi connectivity index (χ2v) is 12.9. The van der Waals surface area contributed by atoms with Crippen LogP contribution in [0.15, 0.2) is 87.6 Å². The molecule has 0 heterocycles. The number of aliphatic hydroxyl groups excluding tert-OH is 1. The van der Waals surface area contributed by atoms with Gasteiger partial charge in [0.15, 0.2) is 0 Å². The average molecular weight is 525 g/mol. The molecule has 0 aromatic heterocycles. The maximum absolute atomic E-state index is 11.5. The molecule has 2 nitrogen and oxygen atoms in total. The number of aliphatic hydroxyl groups is 1. The van der Waals surface area contributed by atoms with E-state index in [2.05, 4.69) is 88.4 Å². The number of aryl methyl sites for hydroxylation is 2. The molecule has 198 valence electrons. The molecule has 4 aliphatic carbocycles. The predicted octanol–water partition coefficient (Wildman–Crippen LogP) is 9.60. The Morgan fingerprint density at radius 3 is 2.24 bits per heavy atom. The normalized spacial score (nSPS) is 24.7. The van der Waals surface area contributed by atoms with Gasteiger partial charge < -0.3 is 9.84 Å². The fourth-order valence-corrected chi connectivity index (χ4v) is 8.90. The van der Waals surface area contributed by atoms with Crippen molar-refractivity contribution in [1.29, 1.82) is 0 Å². The lowest BCUT2D eigenvalue weighted by atomic mass is 9.57. The average Bonchev–Trinajstić information content (AvgIpc) is 3.20. The highest BCUT2D eigenvalue weighted by molar-refractivity contribution is 8.03. The zero-order valence-corrected chi connectivity index (χ0v) is 24.3. The highest BCUT2D eigenvalue weighted by Gasteiger charge is 2.52. The van der Waals surface area contributed by atoms with E-state index in [1.165, 1.54) is 76.8 Å². The van der Waals surface area contributed by atoms with Gasteiger partial charge in [-0.2, -0.15) is 0 Å². The summed E-state index contributed by atoms with van der Waals surface area (Å²) < 4.78 is 5.91. The largest absolute Gasteiger partial charge is 0.512 e. The lowest BCUT2D eigenvalue weighted by Gasteiger charge is -2.47. The van der Waals surface area contributed by atoms with Crippen LogP contribution in [-0.4, -0.2) is 12.2 Å². The second kappa shape index (κ2) is 9.52.